The molecule has 1 aromatic heterocycles. The number of amides is 1. The highest BCUT2D eigenvalue weighted by atomic mass is 35.5. The minimum absolute atomic E-state index is 0.0348. The third kappa shape index (κ3) is 4.71. The second kappa shape index (κ2) is 9.26. The van der Waals surface area contributed by atoms with E-state index < -0.39 is 22.5 Å². The third-order valence-electron chi connectivity index (χ3n) is 5.42. The molecule has 0 unspecified atom stereocenters. The van der Waals surface area contributed by atoms with E-state index in [2.05, 4.69) is 5.32 Å². The van der Waals surface area contributed by atoms with E-state index in [4.69, 9.17) is 27.6 Å². The van der Waals surface area contributed by atoms with E-state index in [0.717, 1.165) is 20.7 Å². The van der Waals surface area contributed by atoms with Crippen molar-refractivity contribution in [3.8, 4) is 0 Å². The van der Waals surface area contributed by atoms with Crippen molar-refractivity contribution in [1.82, 2.24) is 0 Å². The topological polar surface area (TPSA) is 79.6 Å². The molecular weight excluding hydrogens is 507 g/mol. The number of anilines is 2. The molecule has 176 valence electrons. The lowest BCUT2D eigenvalue weighted by molar-refractivity contribution is -0.114. The van der Waals surface area contributed by atoms with Gasteiger partial charge >= 0.3 is 0 Å². The molecule has 0 spiro atoms. The van der Waals surface area contributed by atoms with Gasteiger partial charge in [-0.15, -0.1) is 0 Å². The molecule has 0 aliphatic carbocycles. The van der Waals surface area contributed by atoms with Crippen molar-refractivity contribution < 1.29 is 17.6 Å². The van der Waals surface area contributed by atoms with Gasteiger partial charge in [-0.3, -0.25) is 9.10 Å². The van der Waals surface area contributed by atoms with Crippen LogP contribution in [-0.2, 0) is 14.8 Å². The molecule has 0 saturated carbocycles. The molecule has 9 heteroatoms. The predicted octanol–water partition coefficient (Wildman–Crippen LogP) is 6.73. The standard InChI is InChI=1S/C26H18Cl2N2O4S/c27-17-12-18(28)14-20(13-17)30(35(32,33)21-6-2-1-3-7-21)16-26(31)29-19-10-11-23-22-8-4-5-9-24(22)34-25(23)15-19/h1-15H,16H2,(H,29,31). The van der Waals surface area contributed by atoms with Crippen LogP contribution in [0.1, 0.15) is 0 Å². The number of sulfonamides is 1. The molecule has 0 atom stereocenters. The van der Waals surface area contributed by atoms with Gasteiger partial charge in [0.2, 0.25) is 5.91 Å². The van der Waals surface area contributed by atoms with Gasteiger partial charge < -0.3 is 9.73 Å². The summed E-state index contributed by atoms with van der Waals surface area (Å²) in [5, 5.41) is 5.14. The largest absolute Gasteiger partial charge is 0.456 e. The maximum Gasteiger partial charge on any atom is 0.264 e. The van der Waals surface area contributed by atoms with Gasteiger partial charge in [0.25, 0.3) is 10.0 Å². The van der Waals surface area contributed by atoms with Crippen LogP contribution in [0, 0.1) is 0 Å². The zero-order chi connectivity index (χ0) is 24.6. The van der Waals surface area contributed by atoms with Crippen molar-refractivity contribution >= 4 is 72.4 Å². The lowest BCUT2D eigenvalue weighted by atomic mass is 10.1. The van der Waals surface area contributed by atoms with E-state index in [1.165, 1.54) is 30.3 Å². The molecule has 0 aliphatic heterocycles. The van der Waals surface area contributed by atoms with Crippen LogP contribution in [0.25, 0.3) is 21.9 Å². The fraction of sp³-hybridized carbons (Fsp3) is 0.0385. The van der Waals surface area contributed by atoms with E-state index >= 15 is 0 Å². The number of furan rings is 1. The zero-order valence-corrected chi connectivity index (χ0v) is 20.4. The second-order valence-electron chi connectivity index (χ2n) is 7.81. The Bertz CT molecular complexity index is 1650. The highest BCUT2D eigenvalue weighted by Gasteiger charge is 2.28. The Morgan fingerprint density at radius 1 is 0.800 bits per heavy atom. The summed E-state index contributed by atoms with van der Waals surface area (Å²) in [6, 6.07) is 25.2. The molecule has 1 amide bonds. The number of carbonyl (C=O) groups excluding carboxylic acids is 1. The lowest BCUT2D eigenvalue weighted by Crippen LogP contribution is -2.38. The number of hydrogen-bond acceptors (Lipinski definition) is 4. The minimum Gasteiger partial charge on any atom is -0.456 e. The van der Waals surface area contributed by atoms with Gasteiger partial charge in [0.15, 0.2) is 0 Å². The predicted molar refractivity (Wildman–Crippen MR) is 140 cm³/mol. The lowest BCUT2D eigenvalue weighted by Gasteiger charge is -2.24. The molecule has 6 nitrogen and oxygen atoms in total. The van der Waals surface area contributed by atoms with Crippen LogP contribution in [0.2, 0.25) is 10.0 Å². The third-order valence-corrected chi connectivity index (χ3v) is 7.64. The average Bonchev–Trinajstić information content (AvgIpc) is 3.20. The van der Waals surface area contributed by atoms with Crippen molar-refractivity contribution in [2.24, 2.45) is 0 Å². The van der Waals surface area contributed by atoms with Gasteiger partial charge in [0.1, 0.15) is 17.7 Å². The summed E-state index contributed by atoms with van der Waals surface area (Å²) in [4.78, 5) is 13.1. The number of nitrogens with zero attached hydrogens (tertiary/aromatic N) is 1. The smallest absolute Gasteiger partial charge is 0.264 e. The minimum atomic E-state index is -4.09. The van der Waals surface area contributed by atoms with E-state index in [9.17, 15) is 13.2 Å². The van der Waals surface area contributed by atoms with Crippen molar-refractivity contribution in [3.63, 3.8) is 0 Å². The van der Waals surface area contributed by atoms with Gasteiger partial charge in [0, 0.05) is 32.6 Å². The molecule has 4 aromatic carbocycles. The maximum atomic E-state index is 13.5. The van der Waals surface area contributed by atoms with Gasteiger partial charge in [-0.1, -0.05) is 59.6 Å². The summed E-state index contributed by atoms with van der Waals surface area (Å²) < 4.78 is 33.8. The Labute approximate surface area is 211 Å². The molecule has 0 saturated heterocycles. The highest BCUT2D eigenvalue weighted by Crippen LogP contribution is 2.31. The van der Waals surface area contributed by atoms with Crippen molar-refractivity contribution in [2.45, 2.75) is 4.90 Å². The van der Waals surface area contributed by atoms with Crippen molar-refractivity contribution in [2.75, 3.05) is 16.2 Å². The first-order valence-corrected chi connectivity index (χ1v) is 12.8. The van der Waals surface area contributed by atoms with E-state index in [-0.39, 0.29) is 20.6 Å². The number of halogens is 2. The number of fused-ring (bicyclic) bond motifs is 3. The first-order chi connectivity index (χ1) is 16.8. The molecular formula is C26H18Cl2N2O4S. The van der Waals surface area contributed by atoms with Crippen molar-refractivity contribution in [3.05, 3.63) is 101 Å². The Balaban J connectivity index is 1.47. The van der Waals surface area contributed by atoms with Crippen molar-refractivity contribution in [1.29, 1.82) is 0 Å². The molecule has 5 aromatic rings. The van der Waals surface area contributed by atoms with E-state index in [0.29, 0.717) is 11.3 Å². The average molecular weight is 525 g/mol. The summed E-state index contributed by atoms with van der Waals surface area (Å²) in [5.74, 6) is -0.545. The fourth-order valence-electron chi connectivity index (χ4n) is 3.85. The normalized spacial score (nSPS) is 11.6. The number of para-hydroxylation sites is 1. The summed E-state index contributed by atoms with van der Waals surface area (Å²) in [7, 11) is -4.09. The summed E-state index contributed by atoms with van der Waals surface area (Å²) in [6.07, 6.45) is 0. The molecule has 0 fully saturated rings. The van der Waals surface area contributed by atoms with Gasteiger partial charge in [-0.05, 0) is 48.5 Å². The summed E-state index contributed by atoms with van der Waals surface area (Å²) in [5.41, 5.74) is 2.00. The fourth-order valence-corrected chi connectivity index (χ4v) is 5.79. The summed E-state index contributed by atoms with van der Waals surface area (Å²) in [6.45, 7) is -0.494. The number of nitrogens with one attached hydrogen (secondary N) is 1. The number of hydrogen-bond donors (Lipinski definition) is 1. The van der Waals surface area contributed by atoms with Crippen LogP contribution in [0.15, 0.2) is 100 Å². The Kier molecular flexibility index (Phi) is 6.15. The monoisotopic (exact) mass is 524 g/mol. The van der Waals surface area contributed by atoms with Crippen LogP contribution in [0.3, 0.4) is 0 Å². The molecule has 5 rings (SSSR count). The SMILES string of the molecule is O=C(CN(c1cc(Cl)cc(Cl)c1)S(=O)(=O)c1ccccc1)Nc1ccc2c(c1)oc1ccccc12. The van der Waals surface area contributed by atoms with Gasteiger partial charge in [0.05, 0.1) is 10.6 Å². The number of benzene rings is 4. The van der Waals surface area contributed by atoms with Crippen LogP contribution in [0.5, 0.6) is 0 Å². The Morgan fingerprint density at radius 2 is 1.46 bits per heavy atom. The van der Waals surface area contributed by atoms with E-state index in [1.807, 2.05) is 30.3 Å². The quantitative estimate of drug-likeness (QED) is 0.267. The molecule has 35 heavy (non-hydrogen) atoms. The number of carbonyl (C=O) groups is 1. The second-order valence-corrected chi connectivity index (χ2v) is 10.5. The Hall–Kier alpha value is -3.52. The maximum absolute atomic E-state index is 13.5. The van der Waals surface area contributed by atoms with Crippen LogP contribution < -0.4 is 9.62 Å². The molecule has 1 heterocycles. The first-order valence-electron chi connectivity index (χ1n) is 10.6. The van der Waals surface area contributed by atoms with E-state index in [1.54, 1.807) is 30.3 Å². The van der Waals surface area contributed by atoms with Crippen LogP contribution in [-0.4, -0.2) is 20.9 Å². The number of rotatable bonds is 6. The molecule has 1 N–H and O–H groups in total. The van der Waals surface area contributed by atoms with Gasteiger partial charge in [-0.25, -0.2) is 8.42 Å². The van der Waals surface area contributed by atoms with Gasteiger partial charge in [-0.2, -0.15) is 0 Å². The zero-order valence-electron chi connectivity index (χ0n) is 18.1. The molecule has 0 bridgehead atoms. The summed E-state index contributed by atoms with van der Waals surface area (Å²) >= 11 is 12.3. The van der Waals surface area contributed by atoms with Crippen LogP contribution in [0.4, 0.5) is 11.4 Å². The Morgan fingerprint density at radius 3 is 2.20 bits per heavy atom. The molecule has 0 radical (unpaired) electrons. The molecule has 0 aliphatic rings. The highest BCUT2D eigenvalue weighted by molar-refractivity contribution is 7.92. The first kappa shape index (κ1) is 23.2. The van der Waals surface area contributed by atoms with Crippen LogP contribution >= 0.6 is 23.2 Å².